The summed E-state index contributed by atoms with van der Waals surface area (Å²) in [4.78, 5) is 36.6. The minimum Gasteiger partial charge on any atom is -0.396 e. The van der Waals surface area contributed by atoms with E-state index in [4.69, 9.17) is 5.11 Å². The van der Waals surface area contributed by atoms with Crippen LogP contribution in [0.25, 0.3) is 0 Å². The number of aliphatic hydroxyl groups excluding tert-OH is 1. The van der Waals surface area contributed by atoms with Gasteiger partial charge in [0.05, 0.1) is 34.3 Å². The molecule has 0 heterocycles. The van der Waals surface area contributed by atoms with Gasteiger partial charge in [0, 0.05) is 37.1 Å². The van der Waals surface area contributed by atoms with Gasteiger partial charge in [-0.3, -0.25) is 29.2 Å². The number of carbonyl (C=O) groups is 1. The van der Waals surface area contributed by atoms with Crippen LogP contribution < -0.4 is 5.32 Å². The van der Waals surface area contributed by atoms with Crippen molar-refractivity contribution in [2.45, 2.75) is 26.2 Å². The van der Waals surface area contributed by atoms with Crippen molar-refractivity contribution in [3.63, 3.8) is 0 Å². The van der Waals surface area contributed by atoms with Crippen LogP contribution in [0, 0.1) is 20.2 Å². The molecule has 0 aliphatic rings. The summed E-state index contributed by atoms with van der Waals surface area (Å²) < 4.78 is 27.0. The van der Waals surface area contributed by atoms with E-state index in [1.54, 1.807) is 6.92 Å². The van der Waals surface area contributed by atoms with Crippen molar-refractivity contribution >= 4 is 49.0 Å². The third-order valence-electron chi connectivity index (χ3n) is 4.55. The summed E-state index contributed by atoms with van der Waals surface area (Å²) in [6.45, 7) is 1.50. The van der Waals surface area contributed by atoms with Crippen LogP contribution in [0.5, 0.6) is 0 Å². The van der Waals surface area contributed by atoms with E-state index in [1.165, 1.54) is 4.90 Å². The van der Waals surface area contributed by atoms with Gasteiger partial charge in [0.15, 0.2) is 0 Å². The maximum Gasteiger partial charge on any atom is 0.300 e. The molecule has 186 valence electrons. The number of benzene rings is 1. The van der Waals surface area contributed by atoms with Crippen LogP contribution >= 0.6 is 15.9 Å². The van der Waals surface area contributed by atoms with Crippen LogP contribution in [-0.4, -0.2) is 78.6 Å². The fourth-order valence-corrected chi connectivity index (χ4v) is 3.89. The zero-order valence-electron chi connectivity index (χ0n) is 18.3. The number of halogens is 1. The van der Waals surface area contributed by atoms with Gasteiger partial charge in [-0.1, -0.05) is 15.9 Å². The number of alkyl halides is 1. The molecule has 0 bridgehead atoms. The van der Waals surface area contributed by atoms with E-state index in [-0.39, 0.29) is 61.4 Å². The Morgan fingerprint density at radius 1 is 1.24 bits per heavy atom. The first-order chi connectivity index (χ1) is 15.5. The highest BCUT2D eigenvalue weighted by molar-refractivity contribution is 9.09. The molecule has 0 aliphatic heterocycles. The highest BCUT2D eigenvalue weighted by Crippen LogP contribution is 2.39. The van der Waals surface area contributed by atoms with Gasteiger partial charge >= 0.3 is 0 Å². The van der Waals surface area contributed by atoms with Gasteiger partial charge in [-0.15, -0.1) is 0 Å². The predicted molar refractivity (Wildman–Crippen MR) is 124 cm³/mol. The maximum atomic E-state index is 13.5. The van der Waals surface area contributed by atoms with Gasteiger partial charge in [-0.05, 0) is 26.2 Å². The molecule has 0 atom stereocenters. The molecule has 15 heteroatoms. The number of unbranched alkanes of at least 4 members (excludes halogenated alkanes) is 1. The third kappa shape index (κ3) is 8.49. The summed E-state index contributed by atoms with van der Waals surface area (Å²) >= 11 is 3.20. The zero-order valence-corrected chi connectivity index (χ0v) is 20.7. The van der Waals surface area contributed by atoms with Crippen molar-refractivity contribution in [1.82, 2.24) is 4.90 Å². The standard InChI is InChI=1S/C18H27BrN4O9S/c1-3-21(9-4-5-10-24)18(25)16-13(6-7-19)14(22(26)27)12-15(23(28)29)17(16)20-8-11-32-33(2,30)31/h12,20,24H,3-11H2,1-2H3. The van der Waals surface area contributed by atoms with Crippen LogP contribution in [0.4, 0.5) is 17.1 Å². The highest BCUT2D eigenvalue weighted by Gasteiger charge is 2.34. The molecule has 1 aromatic rings. The lowest BCUT2D eigenvalue weighted by atomic mass is 9.97. The average Bonchev–Trinajstić information content (AvgIpc) is 2.73. The Labute approximate surface area is 199 Å². The van der Waals surface area contributed by atoms with Crippen LogP contribution in [0.15, 0.2) is 6.07 Å². The minimum atomic E-state index is -3.76. The summed E-state index contributed by atoms with van der Waals surface area (Å²) in [7, 11) is -3.76. The number of nitrogens with one attached hydrogen (secondary N) is 1. The molecule has 0 saturated heterocycles. The van der Waals surface area contributed by atoms with E-state index >= 15 is 0 Å². The first-order valence-electron chi connectivity index (χ1n) is 10.0. The van der Waals surface area contributed by atoms with Crippen molar-refractivity contribution < 1.29 is 32.3 Å². The molecule has 1 rings (SSSR count). The molecule has 2 N–H and O–H groups in total. The minimum absolute atomic E-state index is 0.0135. The Morgan fingerprint density at radius 2 is 1.88 bits per heavy atom. The van der Waals surface area contributed by atoms with E-state index in [1.807, 2.05) is 0 Å². The number of hydrogen-bond donors (Lipinski definition) is 2. The maximum absolute atomic E-state index is 13.5. The van der Waals surface area contributed by atoms with Crippen molar-refractivity contribution in [3.05, 3.63) is 37.4 Å². The molecule has 1 aromatic carbocycles. The highest BCUT2D eigenvalue weighted by atomic mass is 79.9. The molecule has 1 amide bonds. The third-order valence-corrected chi connectivity index (χ3v) is 5.54. The zero-order chi connectivity index (χ0) is 25.2. The van der Waals surface area contributed by atoms with Crippen LogP contribution in [-0.2, 0) is 20.7 Å². The lowest BCUT2D eigenvalue weighted by Crippen LogP contribution is -2.34. The Balaban J connectivity index is 3.65. The summed E-state index contributed by atoms with van der Waals surface area (Å²) in [6, 6.07) is 0.788. The van der Waals surface area contributed by atoms with Crippen molar-refractivity contribution in [2.75, 3.05) is 49.8 Å². The molecule has 0 aromatic heterocycles. The number of hydrogen-bond acceptors (Lipinski definition) is 10. The van der Waals surface area contributed by atoms with Gasteiger partial charge in [-0.25, -0.2) is 0 Å². The SMILES string of the molecule is CCN(CCCCO)C(=O)c1c(CCBr)c([N+](=O)[O-])cc([N+](=O)[O-])c1NCCOS(C)(=O)=O. The molecule has 0 spiro atoms. The summed E-state index contributed by atoms with van der Waals surface area (Å²) in [5.41, 5.74) is -1.70. The fourth-order valence-electron chi connectivity index (χ4n) is 3.11. The molecule has 0 saturated carbocycles. The smallest absolute Gasteiger partial charge is 0.300 e. The fraction of sp³-hybridized carbons (Fsp3) is 0.611. The van der Waals surface area contributed by atoms with Crippen molar-refractivity contribution in [2.24, 2.45) is 0 Å². The number of rotatable bonds is 15. The largest absolute Gasteiger partial charge is 0.396 e. The van der Waals surface area contributed by atoms with Gasteiger partial charge in [0.25, 0.3) is 27.4 Å². The molecule has 0 aliphatic carbocycles. The topological polar surface area (TPSA) is 182 Å². The molecule has 0 unspecified atom stereocenters. The number of nitro groups is 2. The molecular formula is C18H27BrN4O9S. The number of nitro benzene ring substituents is 2. The second kappa shape index (κ2) is 13.4. The first kappa shape index (κ1) is 28.7. The van der Waals surface area contributed by atoms with E-state index in [0.717, 1.165) is 12.3 Å². The van der Waals surface area contributed by atoms with Gasteiger partial charge in [0.2, 0.25) is 0 Å². The number of nitrogens with zero attached hydrogens (tertiary/aromatic N) is 3. The molecule has 0 radical (unpaired) electrons. The van der Waals surface area contributed by atoms with Gasteiger partial charge in [0.1, 0.15) is 5.69 Å². The quantitative estimate of drug-likeness (QED) is 0.107. The second-order valence-corrected chi connectivity index (χ2v) is 9.30. The molecule has 13 nitrogen and oxygen atoms in total. The lowest BCUT2D eigenvalue weighted by Gasteiger charge is -2.24. The Bertz CT molecular complexity index is 972. The Hall–Kier alpha value is -2.36. The van der Waals surface area contributed by atoms with Gasteiger partial charge in [-0.2, -0.15) is 8.42 Å². The number of carbonyl (C=O) groups excluding carboxylic acids is 1. The molecule has 0 fully saturated rings. The van der Waals surface area contributed by atoms with Crippen molar-refractivity contribution in [3.8, 4) is 0 Å². The van der Waals surface area contributed by atoms with E-state index in [0.29, 0.717) is 12.8 Å². The van der Waals surface area contributed by atoms with Gasteiger partial charge < -0.3 is 15.3 Å². The summed E-state index contributed by atoms with van der Waals surface area (Å²) in [6.07, 6.45) is 1.78. The normalized spacial score (nSPS) is 11.3. The Kier molecular flexibility index (Phi) is 11.6. The van der Waals surface area contributed by atoms with E-state index in [2.05, 4.69) is 25.4 Å². The van der Waals surface area contributed by atoms with Crippen LogP contribution in [0.2, 0.25) is 0 Å². The number of aliphatic hydroxyl groups is 1. The van der Waals surface area contributed by atoms with E-state index in [9.17, 15) is 33.4 Å². The van der Waals surface area contributed by atoms with Crippen LogP contribution in [0.1, 0.15) is 35.7 Å². The predicted octanol–water partition coefficient (Wildman–Crippen LogP) is 2.06. The lowest BCUT2D eigenvalue weighted by molar-refractivity contribution is -0.394. The van der Waals surface area contributed by atoms with Crippen molar-refractivity contribution in [1.29, 1.82) is 0 Å². The second-order valence-electron chi connectivity index (χ2n) is 6.86. The van der Waals surface area contributed by atoms with Crippen LogP contribution in [0.3, 0.4) is 0 Å². The van der Waals surface area contributed by atoms with E-state index < -0.39 is 37.2 Å². The summed E-state index contributed by atoms with van der Waals surface area (Å²) in [5.74, 6) is -0.648. The molecular weight excluding hydrogens is 528 g/mol. The molecule has 33 heavy (non-hydrogen) atoms. The monoisotopic (exact) mass is 554 g/mol. The Morgan fingerprint density at radius 3 is 2.36 bits per heavy atom. The number of anilines is 1. The summed E-state index contributed by atoms with van der Waals surface area (Å²) in [5, 5.41) is 35.4. The number of amides is 1. The first-order valence-corrected chi connectivity index (χ1v) is 12.9. The average molecular weight is 555 g/mol.